The van der Waals surface area contributed by atoms with Crippen molar-refractivity contribution in [2.24, 2.45) is 0 Å². The molecule has 18 heavy (non-hydrogen) atoms. The number of aliphatic hydroxyl groups excluding tert-OH is 2. The van der Waals surface area contributed by atoms with Gasteiger partial charge in [-0.25, -0.2) is 0 Å². The number of rotatable bonds is 3. The van der Waals surface area contributed by atoms with E-state index >= 15 is 0 Å². The van der Waals surface area contributed by atoms with Gasteiger partial charge < -0.3 is 19.8 Å². The van der Waals surface area contributed by atoms with Crippen molar-refractivity contribution in [2.75, 3.05) is 24.6 Å². The molecule has 1 aromatic rings. The zero-order valence-corrected chi connectivity index (χ0v) is 10.9. The van der Waals surface area contributed by atoms with Crippen LogP contribution in [0, 0.1) is 0 Å². The van der Waals surface area contributed by atoms with Gasteiger partial charge in [0.25, 0.3) is 0 Å². The Balaban J connectivity index is 2.10. The lowest BCUT2D eigenvalue weighted by Crippen LogP contribution is -2.48. The van der Waals surface area contributed by atoms with E-state index in [-0.39, 0.29) is 18.8 Å². The summed E-state index contributed by atoms with van der Waals surface area (Å²) >= 11 is 0. The van der Waals surface area contributed by atoms with Crippen molar-refractivity contribution in [3.8, 4) is 0 Å². The molecule has 0 saturated carbocycles. The summed E-state index contributed by atoms with van der Waals surface area (Å²) in [5.74, 6) is 0. The molecule has 100 valence electrons. The number of benzene rings is 1. The number of anilines is 1. The third-order valence-electron chi connectivity index (χ3n) is 3.27. The highest BCUT2D eigenvalue weighted by molar-refractivity contribution is 5.48. The molecule has 1 aliphatic heterocycles. The maximum Gasteiger partial charge on any atom is 0.0984 e. The van der Waals surface area contributed by atoms with E-state index in [1.165, 1.54) is 0 Å². The van der Waals surface area contributed by atoms with Crippen molar-refractivity contribution < 1.29 is 14.9 Å². The fraction of sp³-hybridized carbons (Fsp3) is 0.571. The van der Waals surface area contributed by atoms with Crippen LogP contribution in [0.15, 0.2) is 24.3 Å². The van der Waals surface area contributed by atoms with Gasteiger partial charge in [-0.3, -0.25) is 0 Å². The lowest BCUT2D eigenvalue weighted by atomic mass is 10.1. The third-order valence-corrected chi connectivity index (χ3v) is 3.27. The first-order valence-corrected chi connectivity index (χ1v) is 6.39. The van der Waals surface area contributed by atoms with Crippen LogP contribution in [-0.2, 0) is 4.74 Å². The van der Waals surface area contributed by atoms with E-state index in [1.807, 2.05) is 31.2 Å². The predicted octanol–water partition coefficient (Wildman–Crippen LogP) is 1.33. The molecule has 2 rings (SSSR count). The van der Waals surface area contributed by atoms with Crippen LogP contribution in [-0.4, -0.2) is 42.1 Å². The maximum absolute atomic E-state index is 9.48. The van der Waals surface area contributed by atoms with E-state index in [0.29, 0.717) is 6.54 Å². The van der Waals surface area contributed by atoms with Crippen molar-refractivity contribution in [1.29, 1.82) is 0 Å². The lowest BCUT2D eigenvalue weighted by Gasteiger charge is -2.37. The quantitative estimate of drug-likeness (QED) is 0.851. The third kappa shape index (κ3) is 3.02. The molecule has 3 atom stereocenters. The second kappa shape index (κ2) is 5.69. The topological polar surface area (TPSA) is 52.9 Å². The standard InChI is InChI=1S/C14H21NO3/c1-10-7-15(8-14(9-16)18-10)13-5-3-12(4-6-13)11(2)17/h3-6,10-11,14,16-17H,7-9H2,1-2H3/t10?,11-,14?/m1/s1. The number of hydrogen-bond donors (Lipinski definition) is 2. The van der Waals surface area contributed by atoms with E-state index in [0.717, 1.165) is 17.8 Å². The molecule has 4 heteroatoms. The molecule has 2 N–H and O–H groups in total. The second-order valence-corrected chi connectivity index (χ2v) is 4.92. The Hall–Kier alpha value is -1.10. The van der Waals surface area contributed by atoms with Crippen LogP contribution in [0.1, 0.15) is 25.5 Å². The first-order chi connectivity index (χ1) is 8.60. The van der Waals surface area contributed by atoms with Gasteiger partial charge in [0.1, 0.15) is 0 Å². The van der Waals surface area contributed by atoms with E-state index in [2.05, 4.69) is 4.90 Å². The number of hydrogen-bond acceptors (Lipinski definition) is 4. The van der Waals surface area contributed by atoms with Gasteiger partial charge in [-0.1, -0.05) is 12.1 Å². The van der Waals surface area contributed by atoms with Gasteiger partial charge in [0.2, 0.25) is 0 Å². The zero-order chi connectivity index (χ0) is 13.1. The van der Waals surface area contributed by atoms with Gasteiger partial charge in [-0.15, -0.1) is 0 Å². The van der Waals surface area contributed by atoms with Crippen LogP contribution in [0.4, 0.5) is 5.69 Å². The molecule has 4 nitrogen and oxygen atoms in total. The van der Waals surface area contributed by atoms with Crippen molar-refractivity contribution in [1.82, 2.24) is 0 Å². The molecule has 2 unspecified atom stereocenters. The molecule has 0 aromatic heterocycles. The molecule has 0 aliphatic carbocycles. The summed E-state index contributed by atoms with van der Waals surface area (Å²) in [5, 5.41) is 18.7. The van der Waals surface area contributed by atoms with Gasteiger partial charge in [-0.2, -0.15) is 0 Å². The van der Waals surface area contributed by atoms with Crippen LogP contribution < -0.4 is 4.90 Å². The Bertz CT molecular complexity index is 377. The van der Waals surface area contributed by atoms with Crippen LogP contribution in [0.5, 0.6) is 0 Å². The highest BCUT2D eigenvalue weighted by Gasteiger charge is 2.24. The first-order valence-electron chi connectivity index (χ1n) is 6.39. The van der Waals surface area contributed by atoms with Crippen molar-refractivity contribution in [3.05, 3.63) is 29.8 Å². The summed E-state index contributed by atoms with van der Waals surface area (Å²) < 4.78 is 5.62. The smallest absolute Gasteiger partial charge is 0.0984 e. The highest BCUT2D eigenvalue weighted by Crippen LogP contribution is 2.22. The predicted molar refractivity (Wildman–Crippen MR) is 70.7 cm³/mol. The largest absolute Gasteiger partial charge is 0.394 e. The monoisotopic (exact) mass is 251 g/mol. The summed E-state index contributed by atoms with van der Waals surface area (Å²) in [6, 6.07) is 7.89. The summed E-state index contributed by atoms with van der Waals surface area (Å²) in [6.07, 6.45) is -0.439. The number of ether oxygens (including phenoxy) is 1. The van der Waals surface area contributed by atoms with E-state index < -0.39 is 6.10 Å². The van der Waals surface area contributed by atoms with E-state index in [1.54, 1.807) is 6.92 Å². The molecule has 0 spiro atoms. The van der Waals surface area contributed by atoms with Crippen molar-refractivity contribution in [3.63, 3.8) is 0 Å². The fourth-order valence-electron chi connectivity index (χ4n) is 2.32. The summed E-state index contributed by atoms with van der Waals surface area (Å²) in [5.41, 5.74) is 2.02. The fourth-order valence-corrected chi connectivity index (χ4v) is 2.32. The van der Waals surface area contributed by atoms with Gasteiger partial charge in [0.05, 0.1) is 24.9 Å². The molecule has 0 radical (unpaired) electrons. The van der Waals surface area contributed by atoms with Gasteiger partial charge in [0, 0.05) is 18.8 Å². The SMILES string of the molecule is CC1CN(c2ccc([C@@H](C)O)cc2)CC(CO)O1. The number of nitrogens with zero attached hydrogens (tertiary/aromatic N) is 1. The molecular weight excluding hydrogens is 230 g/mol. The number of aliphatic hydroxyl groups is 2. The van der Waals surface area contributed by atoms with E-state index in [4.69, 9.17) is 4.74 Å². The number of morpholine rings is 1. The normalized spacial score (nSPS) is 26.1. The van der Waals surface area contributed by atoms with Crippen molar-refractivity contribution >= 4 is 5.69 Å². The summed E-state index contributed by atoms with van der Waals surface area (Å²) in [4.78, 5) is 2.21. The van der Waals surface area contributed by atoms with Crippen LogP contribution in [0.2, 0.25) is 0 Å². The minimum absolute atomic E-state index is 0.0482. The summed E-state index contributed by atoms with van der Waals surface area (Å²) in [6.45, 7) is 5.35. The lowest BCUT2D eigenvalue weighted by molar-refractivity contribution is -0.0421. The van der Waals surface area contributed by atoms with Gasteiger partial charge >= 0.3 is 0 Å². The van der Waals surface area contributed by atoms with Crippen LogP contribution in [0.3, 0.4) is 0 Å². The molecular formula is C14H21NO3. The molecule has 1 saturated heterocycles. The van der Waals surface area contributed by atoms with Gasteiger partial charge in [0.15, 0.2) is 0 Å². The minimum Gasteiger partial charge on any atom is -0.394 e. The van der Waals surface area contributed by atoms with Crippen LogP contribution in [0.25, 0.3) is 0 Å². The van der Waals surface area contributed by atoms with Crippen LogP contribution >= 0.6 is 0 Å². The highest BCUT2D eigenvalue weighted by atomic mass is 16.5. The summed E-state index contributed by atoms with van der Waals surface area (Å²) in [7, 11) is 0. The Morgan fingerprint density at radius 1 is 1.33 bits per heavy atom. The Labute approximate surface area is 108 Å². The second-order valence-electron chi connectivity index (χ2n) is 4.92. The minimum atomic E-state index is -0.437. The average molecular weight is 251 g/mol. The maximum atomic E-state index is 9.48. The molecule has 0 amide bonds. The Morgan fingerprint density at radius 3 is 2.56 bits per heavy atom. The van der Waals surface area contributed by atoms with Crippen molar-refractivity contribution in [2.45, 2.75) is 32.2 Å². The van der Waals surface area contributed by atoms with Gasteiger partial charge in [-0.05, 0) is 31.5 Å². The molecule has 1 heterocycles. The van der Waals surface area contributed by atoms with E-state index in [9.17, 15) is 10.2 Å². The zero-order valence-electron chi connectivity index (χ0n) is 10.9. The molecule has 1 aromatic carbocycles. The Kier molecular flexibility index (Phi) is 4.22. The Morgan fingerprint density at radius 2 is 2.00 bits per heavy atom. The first kappa shape index (κ1) is 13.3. The average Bonchev–Trinajstić information content (AvgIpc) is 2.38. The molecule has 1 fully saturated rings. The molecule has 1 aliphatic rings. The molecule has 0 bridgehead atoms.